The van der Waals surface area contributed by atoms with Gasteiger partial charge in [-0.3, -0.25) is 4.90 Å². The molecule has 5 nitrogen and oxygen atoms in total. The fourth-order valence-corrected chi connectivity index (χ4v) is 4.83. The van der Waals surface area contributed by atoms with Gasteiger partial charge in [0.1, 0.15) is 0 Å². The molecule has 2 fully saturated rings. The number of hydrogen-bond acceptors (Lipinski definition) is 4. The van der Waals surface area contributed by atoms with Crippen LogP contribution in [0, 0.1) is 0 Å². The summed E-state index contributed by atoms with van der Waals surface area (Å²) in [4.78, 5) is 17.3. The van der Waals surface area contributed by atoms with Crippen molar-refractivity contribution < 1.29 is 4.79 Å². The molecule has 1 aromatic heterocycles. The van der Waals surface area contributed by atoms with Gasteiger partial charge in [-0.05, 0) is 28.9 Å². The normalized spacial score (nSPS) is 26.2. The summed E-state index contributed by atoms with van der Waals surface area (Å²) in [6.45, 7) is 5.36. The molecule has 3 N–H and O–H groups in total. The lowest BCUT2D eigenvalue weighted by Gasteiger charge is -2.41. The zero-order chi connectivity index (χ0) is 14.3. The fraction of sp³-hybridized carbons (Fsp3) is 0.615. The van der Waals surface area contributed by atoms with Crippen LogP contribution in [-0.4, -0.2) is 54.1 Å². The number of nitrogens with two attached hydrogens (primary N) is 1. The van der Waals surface area contributed by atoms with Crippen molar-refractivity contribution in [3.8, 4) is 0 Å². The lowest BCUT2D eigenvalue weighted by molar-refractivity contribution is 0.0808. The smallest absolute Gasteiger partial charge is 0.317 e. The molecule has 3 heterocycles. The lowest BCUT2D eigenvalue weighted by Crippen LogP contribution is -2.55. The first-order valence-electron chi connectivity index (χ1n) is 6.84. The van der Waals surface area contributed by atoms with Crippen LogP contribution in [0.25, 0.3) is 0 Å². The standard InChI is InChI=1S/C13H19BrN4OS/c1-8(15)12(11-4-9(14)7-20-11)17-2-3-18-10(6-17)5-16-13(18)19/h4,7-8,10,12H,2-3,5-6,15H2,1H3,(H,16,19). The number of carbonyl (C=O) groups is 1. The summed E-state index contributed by atoms with van der Waals surface area (Å²) >= 11 is 5.26. The highest BCUT2D eigenvalue weighted by molar-refractivity contribution is 9.10. The highest BCUT2D eigenvalue weighted by atomic mass is 79.9. The molecule has 7 heteroatoms. The molecule has 0 aliphatic carbocycles. The van der Waals surface area contributed by atoms with Crippen LogP contribution in [0.2, 0.25) is 0 Å². The van der Waals surface area contributed by atoms with Crippen LogP contribution in [0.4, 0.5) is 4.79 Å². The highest BCUT2D eigenvalue weighted by Gasteiger charge is 2.38. The number of nitrogens with zero attached hydrogens (tertiary/aromatic N) is 2. The molecule has 3 unspecified atom stereocenters. The second kappa shape index (κ2) is 5.63. The maximum absolute atomic E-state index is 11.7. The van der Waals surface area contributed by atoms with E-state index in [9.17, 15) is 4.79 Å². The average Bonchev–Trinajstić information content (AvgIpc) is 2.97. The molecule has 20 heavy (non-hydrogen) atoms. The van der Waals surface area contributed by atoms with E-state index in [0.717, 1.165) is 30.7 Å². The Balaban J connectivity index is 1.78. The Labute approximate surface area is 131 Å². The van der Waals surface area contributed by atoms with E-state index in [1.165, 1.54) is 4.88 Å². The molecule has 0 saturated carbocycles. The number of rotatable bonds is 3. The van der Waals surface area contributed by atoms with Crippen molar-refractivity contribution in [2.24, 2.45) is 5.73 Å². The van der Waals surface area contributed by atoms with Crippen molar-refractivity contribution in [1.82, 2.24) is 15.1 Å². The van der Waals surface area contributed by atoms with Gasteiger partial charge in [-0.25, -0.2) is 4.79 Å². The largest absolute Gasteiger partial charge is 0.336 e. The lowest BCUT2D eigenvalue weighted by atomic mass is 10.0. The van der Waals surface area contributed by atoms with Gasteiger partial charge in [-0.2, -0.15) is 0 Å². The summed E-state index contributed by atoms with van der Waals surface area (Å²) in [6, 6.07) is 2.80. The van der Waals surface area contributed by atoms with Crippen LogP contribution in [0.3, 0.4) is 0 Å². The fourth-order valence-electron chi connectivity index (χ4n) is 3.14. The summed E-state index contributed by atoms with van der Waals surface area (Å²) in [5, 5.41) is 5.02. The maximum atomic E-state index is 11.7. The summed E-state index contributed by atoms with van der Waals surface area (Å²) in [5.74, 6) is 0. The van der Waals surface area contributed by atoms with Crippen molar-refractivity contribution in [2.45, 2.75) is 25.0 Å². The molecule has 0 aromatic carbocycles. The Hall–Kier alpha value is -0.630. The topological polar surface area (TPSA) is 61.6 Å². The van der Waals surface area contributed by atoms with Crippen molar-refractivity contribution in [1.29, 1.82) is 0 Å². The van der Waals surface area contributed by atoms with Crippen molar-refractivity contribution in [2.75, 3.05) is 26.2 Å². The molecule has 2 amide bonds. The molecular weight excluding hydrogens is 340 g/mol. The third kappa shape index (κ3) is 2.59. The molecule has 110 valence electrons. The number of urea groups is 1. The van der Waals surface area contributed by atoms with Crippen LogP contribution >= 0.6 is 27.3 Å². The van der Waals surface area contributed by atoms with E-state index in [1.807, 2.05) is 4.90 Å². The van der Waals surface area contributed by atoms with Crippen molar-refractivity contribution in [3.05, 3.63) is 20.8 Å². The molecule has 0 spiro atoms. The molecule has 1 aromatic rings. The predicted octanol–water partition coefficient (Wildman–Crippen LogP) is 1.61. The number of hydrogen-bond donors (Lipinski definition) is 2. The van der Waals surface area contributed by atoms with E-state index in [-0.39, 0.29) is 24.2 Å². The van der Waals surface area contributed by atoms with Gasteiger partial charge in [0, 0.05) is 47.0 Å². The number of halogens is 1. The summed E-state index contributed by atoms with van der Waals surface area (Å²) in [7, 11) is 0. The quantitative estimate of drug-likeness (QED) is 0.862. The van der Waals surface area contributed by atoms with Crippen molar-refractivity contribution >= 4 is 33.3 Å². The molecule has 3 atom stereocenters. The molecule has 2 aliphatic heterocycles. The number of nitrogens with one attached hydrogen (secondary N) is 1. The number of thiophene rings is 1. The summed E-state index contributed by atoms with van der Waals surface area (Å²) in [6.07, 6.45) is 0. The van der Waals surface area contributed by atoms with E-state index in [2.05, 4.69) is 44.5 Å². The predicted molar refractivity (Wildman–Crippen MR) is 83.9 cm³/mol. The van der Waals surface area contributed by atoms with E-state index in [4.69, 9.17) is 5.73 Å². The Bertz CT molecular complexity index is 506. The van der Waals surface area contributed by atoms with Gasteiger partial charge in [-0.1, -0.05) is 0 Å². The Morgan fingerprint density at radius 1 is 1.55 bits per heavy atom. The Kier molecular flexibility index (Phi) is 4.03. The van der Waals surface area contributed by atoms with Crippen LogP contribution < -0.4 is 11.1 Å². The molecule has 0 radical (unpaired) electrons. The van der Waals surface area contributed by atoms with E-state index < -0.39 is 0 Å². The number of amides is 2. The van der Waals surface area contributed by atoms with E-state index >= 15 is 0 Å². The van der Waals surface area contributed by atoms with Gasteiger partial charge in [-0.15, -0.1) is 11.3 Å². The number of piperazine rings is 1. The van der Waals surface area contributed by atoms with Gasteiger partial charge < -0.3 is 16.0 Å². The van der Waals surface area contributed by atoms with Gasteiger partial charge in [0.2, 0.25) is 0 Å². The average molecular weight is 359 g/mol. The highest BCUT2D eigenvalue weighted by Crippen LogP contribution is 2.33. The van der Waals surface area contributed by atoms with E-state index in [1.54, 1.807) is 11.3 Å². The van der Waals surface area contributed by atoms with Gasteiger partial charge >= 0.3 is 6.03 Å². The monoisotopic (exact) mass is 358 g/mol. The first-order chi connectivity index (χ1) is 9.56. The van der Waals surface area contributed by atoms with E-state index in [0.29, 0.717) is 0 Å². The Morgan fingerprint density at radius 3 is 3.00 bits per heavy atom. The third-order valence-electron chi connectivity index (χ3n) is 4.03. The van der Waals surface area contributed by atoms with Crippen LogP contribution in [-0.2, 0) is 0 Å². The number of fused-ring (bicyclic) bond motifs is 1. The molecular formula is C13H19BrN4OS. The molecule has 2 saturated heterocycles. The molecule has 3 rings (SSSR count). The minimum Gasteiger partial charge on any atom is -0.336 e. The first kappa shape index (κ1) is 14.3. The molecule has 2 aliphatic rings. The summed E-state index contributed by atoms with van der Waals surface area (Å²) in [5.41, 5.74) is 6.23. The number of carbonyl (C=O) groups excluding carboxylic acids is 1. The SMILES string of the molecule is CC(N)C(c1cc(Br)cs1)N1CCN2C(=O)NCC2C1. The van der Waals surface area contributed by atoms with Crippen LogP contribution in [0.1, 0.15) is 17.8 Å². The Morgan fingerprint density at radius 2 is 2.35 bits per heavy atom. The van der Waals surface area contributed by atoms with Crippen molar-refractivity contribution in [3.63, 3.8) is 0 Å². The minimum atomic E-state index is 0.0668. The van der Waals surface area contributed by atoms with Gasteiger partial charge in [0.05, 0.1) is 12.1 Å². The minimum absolute atomic E-state index is 0.0668. The zero-order valence-electron chi connectivity index (χ0n) is 11.4. The third-order valence-corrected chi connectivity index (χ3v) is 5.80. The molecule has 0 bridgehead atoms. The summed E-state index contributed by atoms with van der Waals surface area (Å²) < 4.78 is 1.11. The van der Waals surface area contributed by atoms with Gasteiger partial charge in [0.25, 0.3) is 0 Å². The maximum Gasteiger partial charge on any atom is 0.317 e. The second-order valence-corrected chi connectivity index (χ2v) is 7.36. The van der Waals surface area contributed by atoms with Crippen LogP contribution in [0.15, 0.2) is 15.9 Å². The zero-order valence-corrected chi connectivity index (χ0v) is 13.8. The van der Waals surface area contributed by atoms with Gasteiger partial charge in [0.15, 0.2) is 0 Å². The van der Waals surface area contributed by atoms with Crippen LogP contribution in [0.5, 0.6) is 0 Å². The second-order valence-electron chi connectivity index (χ2n) is 5.50. The first-order valence-corrected chi connectivity index (χ1v) is 8.51.